The van der Waals surface area contributed by atoms with Crippen molar-refractivity contribution >= 4 is 35.8 Å². The first-order valence-corrected chi connectivity index (χ1v) is 9.83. The highest BCUT2D eigenvalue weighted by molar-refractivity contribution is 14.0. The van der Waals surface area contributed by atoms with Crippen LogP contribution in [-0.2, 0) is 11.3 Å². The predicted molar refractivity (Wildman–Crippen MR) is 121 cm³/mol. The monoisotopic (exact) mass is 502 g/mol. The molecule has 0 bridgehead atoms. The molecule has 1 aliphatic carbocycles. The summed E-state index contributed by atoms with van der Waals surface area (Å²) in [6, 6.07) is 6.46. The Kier molecular flexibility index (Phi) is 9.14. The Balaban J connectivity index is 0.00000280. The van der Waals surface area contributed by atoms with E-state index in [0.29, 0.717) is 38.8 Å². The van der Waals surface area contributed by atoms with E-state index in [1.54, 1.807) is 0 Å². The van der Waals surface area contributed by atoms with Gasteiger partial charge in [0.05, 0.1) is 0 Å². The van der Waals surface area contributed by atoms with E-state index in [1.165, 1.54) is 0 Å². The van der Waals surface area contributed by atoms with Gasteiger partial charge in [0.1, 0.15) is 13.2 Å². The minimum Gasteiger partial charge on any atom is -0.486 e. The lowest BCUT2D eigenvalue weighted by atomic mass is 10.2. The third kappa shape index (κ3) is 7.03. The Morgan fingerprint density at radius 3 is 2.71 bits per heavy atom. The molecule has 7 nitrogen and oxygen atoms in total. The Morgan fingerprint density at radius 2 is 2.00 bits per heavy atom. The van der Waals surface area contributed by atoms with Crippen LogP contribution in [-0.4, -0.2) is 56.2 Å². The fourth-order valence-electron chi connectivity index (χ4n) is 2.96. The molecule has 1 aliphatic heterocycles. The van der Waals surface area contributed by atoms with E-state index in [-0.39, 0.29) is 29.9 Å². The number of fused-ring (bicyclic) bond motifs is 1. The highest BCUT2D eigenvalue weighted by Gasteiger charge is 2.22. The smallest absolute Gasteiger partial charge is 0.220 e. The second-order valence-corrected chi connectivity index (χ2v) is 7.02. The lowest BCUT2D eigenvalue weighted by Gasteiger charge is -2.24. The topological polar surface area (TPSA) is 75.2 Å². The van der Waals surface area contributed by atoms with E-state index in [1.807, 2.05) is 19.2 Å². The summed E-state index contributed by atoms with van der Waals surface area (Å²) in [6.45, 7) is 5.38. The maximum absolute atomic E-state index is 11.7. The number of carbonyl (C=O) groups is 1. The minimum atomic E-state index is 0. The molecule has 2 N–H and O–H groups in total. The van der Waals surface area contributed by atoms with Crippen molar-refractivity contribution in [2.24, 2.45) is 4.99 Å². The molecule has 156 valence electrons. The second-order valence-electron chi connectivity index (χ2n) is 7.02. The number of hydrogen-bond donors (Lipinski definition) is 2. The van der Waals surface area contributed by atoms with E-state index < -0.39 is 0 Å². The SMILES string of the molecule is CCNC(=NCCCC(=O)NC1CC1)N(C)Cc1ccc2c(c1)OCCO2.I. The average molecular weight is 502 g/mol. The summed E-state index contributed by atoms with van der Waals surface area (Å²) in [6.07, 6.45) is 3.54. The molecule has 28 heavy (non-hydrogen) atoms. The summed E-state index contributed by atoms with van der Waals surface area (Å²) in [5.74, 6) is 2.59. The Bertz CT molecular complexity index is 679. The molecule has 1 aromatic carbocycles. The van der Waals surface area contributed by atoms with E-state index in [9.17, 15) is 4.79 Å². The van der Waals surface area contributed by atoms with E-state index in [0.717, 1.165) is 48.8 Å². The van der Waals surface area contributed by atoms with Gasteiger partial charge in [-0.1, -0.05) is 6.07 Å². The second kappa shape index (κ2) is 11.3. The zero-order valence-corrected chi connectivity index (χ0v) is 19.0. The summed E-state index contributed by atoms with van der Waals surface area (Å²) in [7, 11) is 2.01. The van der Waals surface area contributed by atoms with Crippen LogP contribution in [0.4, 0.5) is 0 Å². The third-order valence-corrected chi connectivity index (χ3v) is 4.49. The number of carbonyl (C=O) groups excluding carboxylic acids is 1. The van der Waals surface area contributed by atoms with Crippen molar-refractivity contribution < 1.29 is 14.3 Å². The maximum atomic E-state index is 11.7. The molecule has 1 fully saturated rings. The largest absolute Gasteiger partial charge is 0.486 e. The molecule has 0 atom stereocenters. The van der Waals surface area contributed by atoms with Crippen molar-refractivity contribution in [1.82, 2.24) is 15.5 Å². The van der Waals surface area contributed by atoms with Gasteiger partial charge in [0.2, 0.25) is 5.91 Å². The lowest BCUT2D eigenvalue weighted by Crippen LogP contribution is -2.38. The number of aliphatic imine (C=N–C) groups is 1. The maximum Gasteiger partial charge on any atom is 0.220 e. The normalized spacial score (nSPS) is 15.4. The molecule has 8 heteroatoms. The van der Waals surface area contributed by atoms with Crippen molar-refractivity contribution in [2.45, 2.75) is 45.2 Å². The number of amides is 1. The number of nitrogens with one attached hydrogen (secondary N) is 2. The van der Waals surface area contributed by atoms with Crippen molar-refractivity contribution in [3.05, 3.63) is 23.8 Å². The number of guanidine groups is 1. The number of ether oxygens (including phenoxy) is 2. The summed E-state index contributed by atoms with van der Waals surface area (Å²) in [5, 5.41) is 6.33. The van der Waals surface area contributed by atoms with Crippen LogP contribution in [0.15, 0.2) is 23.2 Å². The van der Waals surface area contributed by atoms with E-state index in [2.05, 4.69) is 33.5 Å². The van der Waals surface area contributed by atoms with Crippen LogP contribution < -0.4 is 20.1 Å². The molecule has 0 aromatic heterocycles. The van der Waals surface area contributed by atoms with Crippen LogP contribution in [0.2, 0.25) is 0 Å². The minimum absolute atomic E-state index is 0. The number of hydrogen-bond acceptors (Lipinski definition) is 4. The first-order chi connectivity index (χ1) is 13.2. The highest BCUT2D eigenvalue weighted by Crippen LogP contribution is 2.31. The molecule has 1 aromatic rings. The number of nitrogens with zero attached hydrogens (tertiary/aromatic N) is 2. The quantitative estimate of drug-likeness (QED) is 0.248. The van der Waals surface area contributed by atoms with Crippen LogP contribution in [0.1, 0.15) is 38.2 Å². The molecule has 0 saturated heterocycles. The van der Waals surface area contributed by atoms with Gasteiger partial charge in [-0.2, -0.15) is 0 Å². The first-order valence-electron chi connectivity index (χ1n) is 9.83. The molecule has 1 heterocycles. The Morgan fingerprint density at radius 1 is 1.25 bits per heavy atom. The Labute approximate surface area is 184 Å². The molecule has 3 rings (SSSR count). The third-order valence-electron chi connectivity index (χ3n) is 4.49. The van der Waals surface area contributed by atoms with Gasteiger partial charge in [0.15, 0.2) is 17.5 Å². The number of benzene rings is 1. The van der Waals surface area contributed by atoms with Crippen LogP contribution in [0.25, 0.3) is 0 Å². The van der Waals surface area contributed by atoms with Crippen molar-refractivity contribution in [3.8, 4) is 11.5 Å². The van der Waals surface area contributed by atoms with Crippen LogP contribution in [0, 0.1) is 0 Å². The molecule has 0 spiro atoms. The van der Waals surface area contributed by atoms with Gasteiger partial charge in [0, 0.05) is 39.1 Å². The van der Waals surface area contributed by atoms with Crippen molar-refractivity contribution in [3.63, 3.8) is 0 Å². The fraction of sp³-hybridized carbons (Fsp3) is 0.600. The van der Waals surface area contributed by atoms with Gasteiger partial charge < -0.3 is 25.0 Å². The molecule has 1 saturated carbocycles. The zero-order chi connectivity index (χ0) is 19.1. The zero-order valence-electron chi connectivity index (χ0n) is 16.7. The first kappa shape index (κ1) is 22.6. The highest BCUT2D eigenvalue weighted by atomic mass is 127. The van der Waals surface area contributed by atoms with Crippen LogP contribution in [0.3, 0.4) is 0 Å². The summed E-state index contributed by atoms with van der Waals surface area (Å²) >= 11 is 0. The Hall–Kier alpha value is -1.71. The predicted octanol–water partition coefficient (Wildman–Crippen LogP) is 2.53. The van der Waals surface area contributed by atoms with Crippen LogP contribution >= 0.6 is 24.0 Å². The van der Waals surface area contributed by atoms with Gasteiger partial charge in [-0.15, -0.1) is 24.0 Å². The molecular weight excluding hydrogens is 471 g/mol. The van der Waals surface area contributed by atoms with Gasteiger partial charge in [-0.25, -0.2) is 0 Å². The van der Waals surface area contributed by atoms with E-state index in [4.69, 9.17) is 9.47 Å². The van der Waals surface area contributed by atoms with Crippen molar-refractivity contribution in [1.29, 1.82) is 0 Å². The number of halogens is 1. The van der Waals surface area contributed by atoms with Crippen molar-refractivity contribution in [2.75, 3.05) is 33.4 Å². The average Bonchev–Trinajstić information content (AvgIpc) is 3.48. The van der Waals surface area contributed by atoms with Gasteiger partial charge in [-0.05, 0) is 43.9 Å². The summed E-state index contributed by atoms with van der Waals surface area (Å²) in [5.41, 5.74) is 1.14. The molecule has 0 unspecified atom stereocenters. The molecule has 2 aliphatic rings. The van der Waals surface area contributed by atoms with Gasteiger partial charge in [0.25, 0.3) is 0 Å². The standard InChI is InChI=1S/C20H30N4O3.HI/c1-3-21-20(22-10-4-5-19(25)23-16-7-8-16)24(2)14-15-6-9-17-18(13-15)27-12-11-26-17;/h6,9,13,16H,3-5,7-8,10-12,14H2,1-2H3,(H,21,22)(H,23,25);1H. The molecule has 1 amide bonds. The molecule has 0 radical (unpaired) electrons. The summed E-state index contributed by atoms with van der Waals surface area (Å²) < 4.78 is 11.2. The van der Waals surface area contributed by atoms with Gasteiger partial charge >= 0.3 is 0 Å². The summed E-state index contributed by atoms with van der Waals surface area (Å²) in [4.78, 5) is 18.5. The number of rotatable bonds is 8. The van der Waals surface area contributed by atoms with Gasteiger partial charge in [-0.3, -0.25) is 9.79 Å². The fourth-order valence-corrected chi connectivity index (χ4v) is 2.96. The molecular formula is C20H31IN4O3. The lowest BCUT2D eigenvalue weighted by molar-refractivity contribution is -0.121. The van der Waals surface area contributed by atoms with E-state index >= 15 is 0 Å². The van der Waals surface area contributed by atoms with Crippen LogP contribution in [0.5, 0.6) is 11.5 Å².